The molecule has 140 valence electrons. The first-order valence-corrected chi connectivity index (χ1v) is 8.67. The Kier molecular flexibility index (Phi) is 3.14. The summed E-state index contributed by atoms with van der Waals surface area (Å²) < 4.78 is 30.0. The summed E-state index contributed by atoms with van der Waals surface area (Å²) in [7, 11) is 0. The summed E-state index contributed by atoms with van der Waals surface area (Å²) in [5.41, 5.74) is -1.84. The topological polar surface area (TPSA) is 99.7 Å². The fourth-order valence-corrected chi connectivity index (χ4v) is 3.87. The third kappa shape index (κ3) is 2.32. The number of aromatic nitrogens is 5. The van der Waals surface area contributed by atoms with Gasteiger partial charge in [-0.15, -0.1) is 0 Å². The van der Waals surface area contributed by atoms with Gasteiger partial charge in [0.1, 0.15) is 17.0 Å². The number of hydrogen-bond donors (Lipinski definition) is 2. The van der Waals surface area contributed by atoms with E-state index < -0.39 is 29.1 Å². The number of rotatable bonds is 2. The molecule has 0 unspecified atom stereocenters. The van der Waals surface area contributed by atoms with Crippen LogP contribution in [0.25, 0.3) is 16.6 Å². The van der Waals surface area contributed by atoms with Gasteiger partial charge >= 0.3 is 5.69 Å². The smallest absolute Gasteiger partial charge is 0.325 e. The minimum Gasteiger partial charge on any atom is -0.349 e. The molecule has 1 saturated heterocycles. The Hall–Kier alpha value is -2.75. The van der Waals surface area contributed by atoms with Crippen molar-refractivity contribution in [1.29, 1.82) is 0 Å². The summed E-state index contributed by atoms with van der Waals surface area (Å²) in [6.45, 7) is -0.199. The molecule has 1 spiro atoms. The highest BCUT2D eigenvalue weighted by Crippen LogP contribution is 2.61. The van der Waals surface area contributed by atoms with Crippen LogP contribution in [-0.2, 0) is 0 Å². The highest BCUT2D eigenvalue weighted by Gasteiger charge is 2.67. The molecule has 1 aliphatic carbocycles. The lowest BCUT2D eigenvalue weighted by atomic mass is 10.0. The second-order valence-electron chi connectivity index (χ2n) is 7.06. The van der Waals surface area contributed by atoms with E-state index in [-0.39, 0.29) is 17.3 Å². The van der Waals surface area contributed by atoms with E-state index in [1.165, 1.54) is 23.3 Å². The Morgan fingerprint density at radius 2 is 2.00 bits per heavy atom. The minimum absolute atomic E-state index is 0.0678. The monoisotopic (exact) mass is 394 g/mol. The predicted octanol–water partition coefficient (Wildman–Crippen LogP) is 1.69. The van der Waals surface area contributed by atoms with E-state index >= 15 is 0 Å². The minimum atomic E-state index is -2.77. The van der Waals surface area contributed by atoms with Gasteiger partial charge in [-0.3, -0.25) is 9.78 Å². The Bertz CT molecular complexity index is 1190. The van der Waals surface area contributed by atoms with E-state index in [0.717, 1.165) is 0 Å². The van der Waals surface area contributed by atoms with Crippen molar-refractivity contribution in [3.8, 4) is 5.69 Å². The van der Waals surface area contributed by atoms with Crippen LogP contribution in [0.15, 0.2) is 28.2 Å². The number of anilines is 1. The third-order valence-corrected chi connectivity index (χ3v) is 5.62. The van der Waals surface area contributed by atoms with Crippen molar-refractivity contribution >= 4 is 28.3 Å². The van der Waals surface area contributed by atoms with Crippen molar-refractivity contribution in [3.63, 3.8) is 0 Å². The van der Waals surface area contributed by atoms with E-state index in [0.29, 0.717) is 29.6 Å². The van der Waals surface area contributed by atoms with Crippen LogP contribution in [0, 0.1) is 5.41 Å². The van der Waals surface area contributed by atoms with Crippen molar-refractivity contribution in [1.82, 2.24) is 24.7 Å². The first-order valence-electron chi connectivity index (χ1n) is 8.29. The molecule has 0 bridgehead atoms. The van der Waals surface area contributed by atoms with Gasteiger partial charge < -0.3 is 9.88 Å². The van der Waals surface area contributed by atoms with Gasteiger partial charge in [-0.05, 0) is 12.8 Å². The van der Waals surface area contributed by atoms with Crippen LogP contribution >= 0.6 is 11.6 Å². The molecule has 0 atom stereocenters. The largest absolute Gasteiger partial charge is 0.349 e. The number of H-pyrrole nitrogens is 2. The van der Waals surface area contributed by atoms with Gasteiger partial charge in [0.05, 0.1) is 28.6 Å². The maximum Gasteiger partial charge on any atom is 0.325 e. The van der Waals surface area contributed by atoms with Crippen LogP contribution < -0.4 is 16.1 Å². The normalized spacial score (nSPS) is 19.9. The Labute approximate surface area is 154 Å². The van der Waals surface area contributed by atoms with Crippen molar-refractivity contribution in [2.24, 2.45) is 5.41 Å². The summed E-state index contributed by atoms with van der Waals surface area (Å²) >= 11 is 6.18. The van der Waals surface area contributed by atoms with Gasteiger partial charge in [0, 0.05) is 18.9 Å². The molecule has 8 nitrogen and oxygen atoms in total. The van der Waals surface area contributed by atoms with E-state index in [1.54, 1.807) is 4.90 Å². The fraction of sp³-hybridized carbons (Fsp3) is 0.375. The molecule has 27 heavy (non-hydrogen) atoms. The lowest BCUT2D eigenvalue weighted by molar-refractivity contribution is -0.0334. The average molecular weight is 395 g/mol. The molecule has 2 fully saturated rings. The zero-order chi connectivity index (χ0) is 19.0. The fourth-order valence-electron chi connectivity index (χ4n) is 3.68. The lowest BCUT2D eigenvalue weighted by Gasteiger charge is -2.17. The number of pyridine rings is 1. The summed E-state index contributed by atoms with van der Waals surface area (Å²) in [5.74, 6) is -2.42. The molecule has 1 aliphatic heterocycles. The number of halogens is 3. The van der Waals surface area contributed by atoms with Crippen LogP contribution in [0.3, 0.4) is 0 Å². The number of nitrogens with one attached hydrogen (secondary N) is 2. The molecule has 0 amide bonds. The van der Waals surface area contributed by atoms with Crippen LogP contribution in [-0.4, -0.2) is 43.7 Å². The summed E-state index contributed by atoms with van der Waals surface area (Å²) in [6, 6.07) is 0. The Balaban J connectivity index is 1.65. The van der Waals surface area contributed by atoms with E-state index in [4.69, 9.17) is 11.6 Å². The van der Waals surface area contributed by atoms with Crippen molar-refractivity contribution in [3.05, 3.63) is 44.5 Å². The molecule has 4 heterocycles. The van der Waals surface area contributed by atoms with Crippen molar-refractivity contribution in [2.45, 2.75) is 18.8 Å². The van der Waals surface area contributed by atoms with Gasteiger partial charge in [0.25, 0.3) is 11.5 Å². The predicted molar refractivity (Wildman–Crippen MR) is 93.9 cm³/mol. The second-order valence-corrected chi connectivity index (χ2v) is 7.47. The molecule has 5 rings (SSSR count). The number of nitrogens with zero attached hydrogens (tertiary/aromatic N) is 4. The quantitative estimate of drug-likeness (QED) is 0.689. The van der Waals surface area contributed by atoms with E-state index in [2.05, 4.69) is 20.1 Å². The first kappa shape index (κ1) is 16.4. The van der Waals surface area contributed by atoms with Crippen molar-refractivity contribution in [2.75, 3.05) is 18.0 Å². The van der Waals surface area contributed by atoms with Gasteiger partial charge in [0.2, 0.25) is 0 Å². The summed E-state index contributed by atoms with van der Waals surface area (Å²) in [5, 5.41) is 4.98. The number of hydrogen-bond acceptors (Lipinski definition) is 5. The van der Waals surface area contributed by atoms with Gasteiger partial charge in [-0.2, -0.15) is 5.10 Å². The molecular weight excluding hydrogens is 382 g/mol. The lowest BCUT2D eigenvalue weighted by Crippen LogP contribution is -2.28. The van der Waals surface area contributed by atoms with Crippen LogP contribution in [0.5, 0.6) is 0 Å². The Morgan fingerprint density at radius 1 is 1.22 bits per heavy atom. The Morgan fingerprint density at radius 3 is 2.67 bits per heavy atom. The zero-order valence-electron chi connectivity index (χ0n) is 13.8. The molecular formula is C16H13ClF2N6O2. The van der Waals surface area contributed by atoms with Crippen LogP contribution in [0.2, 0.25) is 5.02 Å². The maximum absolute atomic E-state index is 14.4. The first-order chi connectivity index (χ1) is 12.8. The number of aromatic amines is 2. The molecule has 2 N–H and O–H groups in total. The molecule has 2 aliphatic rings. The molecule has 3 aromatic rings. The van der Waals surface area contributed by atoms with Crippen LogP contribution in [0.4, 0.5) is 14.6 Å². The zero-order valence-corrected chi connectivity index (χ0v) is 14.6. The molecule has 11 heteroatoms. The van der Waals surface area contributed by atoms with E-state index in [9.17, 15) is 18.4 Å². The van der Waals surface area contributed by atoms with Crippen molar-refractivity contribution < 1.29 is 8.78 Å². The standard InChI is InChI=1S/C16H13ClF2N6O2/c17-9-3-20-12(24-6-15(1-2-15)16(18,19)7-24)8-5-25(23-11(8)9)10-4-21-14(27)22-13(10)26/h3-5H,1-2,6-7H2,(H2,21,22,26,27). The number of fused-ring (bicyclic) bond motifs is 1. The third-order valence-electron chi connectivity index (χ3n) is 5.34. The second kappa shape index (κ2) is 5.16. The van der Waals surface area contributed by atoms with Crippen LogP contribution in [0.1, 0.15) is 12.8 Å². The maximum atomic E-state index is 14.4. The van der Waals surface area contributed by atoms with Gasteiger partial charge in [-0.1, -0.05) is 11.6 Å². The highest BCUT2D eigenvalue weighted by molar-refractivity contribution is 6.35. The summed E-state index contributed by atoms with van der Waals surface area (Å²) in [6.07, 6.45) is 5.09. The molecule has 0 aromatic carbocycles. The SMILES string of the molecule is O=c1[nH]cc(-n2cc3c(N4CC(F)(F)C5(CC5)C4)ncc(Cl)c3n2)c(=O)[nH]1. The molecule has 3 aromatic heterocycles. The van der Waals surface area contributed by atoms with E-state index in [1.807, 2.05) is 0 Å². The molecule has 0 radical (unpaired) electrons. The highest BCUT2D eigenvalue weighted by atomic mass is 35.5. The molecule has 1 saturated carbocycles. The van der Waals surface area contributed by atoms with Gasteiger partial charge in [0.15, 0.2) is 0 Å². The number of alkyl halides is 2. The average Bonchev–Trinajstić information content (AvgIpc) is 3.17. The summed E-state index contributed by atoms with van der Waals surface area (Å²) in [4.78, 5) is 33.5. The van der Waals surface area contributed by atoms with Gasteiger partial charge in [-0.25, -0.2) is 23.2 Å².